The number of aliphatic hydroxyl groups excluding tert-OH is 1. The fraction of sp³-hybridized carbons (Fsp3) is 0.692. The lowest BCUT2D eigenvalue weighted by atomic mass is 9.77. The van der Waals surface area contributed by atoms with Crippen molar-refractivity contribution >= 4 is 30.9 Å². The van der Waals surface area contributed by atoms with Crippen LogP contribution in [0.4, 0.5) is 0 Å². The maximum absolute atomic E-state index is 11.9. The summed E-state index contributed by atoms with van der Waals surface area (Å²) in [6.45, 7) is 20.7. The Labute approximate surface area is 289 Å². The third-order valence-corrected chi connectivity index (χ3v) is 17.8. The maximum atomic E-state index is 11.9. The third kappa shape index (κ3) is 9.16. The van der Waals surface area contributed by atoms with Crippen molar-refractivity contribution in [3.05, 3.63) is 62.8 Å². The molecule has 1 aromatic carbocycles. The van der Waals surface area contributed by atoms with E-state index in [-0.39, 0.29) is 11.1 Å². The summed E-state index contributed by atoms with van der Waals surface area (Å²) >= 11 is 2.57. The lowest BCUT2D eigenvalue weighted by Gasteiger charge is -2.39. The van der Waals surface area contributed by atoms with Crippen molar-refractivity contribution < 1.29 is 19.0 Å². The normalized spacial score (nSPS) is 28.6. The van der Waals surface area contributed by atoms with Gasteiger partial charge in [0.1, 0.15) is 5.75 Å². The van der Waals surface area contributed by atoms with Gasteiger partial charge in [0, 0.05) is 6.61 Å². The van der Waals surface area contributed by atoms with Crippen LogP contribution in [0.25, 0.3) is 0 Å². The zero-order valence-electron chi connectivity index (χ0n) is 29.6. The number of halogens is 1. The van der Waals surface area contributed by atoms with Crippen LogP contribution in [-0.4, -0.2) is 39.9 Å². The van der Waals surface area contributed by atoms with E-state index in [1.807, 2.05) is 12.1 Å². The molecule has 3 aliphatic carbocycles. The minimum Gasteiger partial charge on any atom is -0.497 e. The largest absolute Gasteiger partial charge is 0.497 e. The van der Waals surface area contributed by atoms with Crippen LogP contribution in [0, 0.1) is 35.0 Å². The van der Waals surface area contributed by atoms with E-state index in [0.29, 0.717) is 48.2 Å². The van der Waals surface area contributed by atoms with Gasteiger partial charge in [-0.1, -0.05) is 76.1 Å². The third-order valence-electron chi connectivity index (χ3n) is 11.8. The van der Waals surface area contributed by atoms with Gasteiger partial charge in [-0.25, -0.2) is 0 Å². The Morgan fingerprint density at radius 2 is 1.89 bits per heavy atom. The second kappa shape index (κ2) is 15.5. The average Bonchev–Trinajstić information content (AvgIpc) is 3.66. The zero-order chi connectivity index (χ0) is 33.0. The molecule has 0 amide bonds. The molecule has 0 aliphatic heterocycles. The first-order valence-corrected chi connectivity index (χ1v) is 21.4. The highest BCUT2D eigenvalue weighted by Gasteiger charge is 2.67. The molecule has 6 heteroatoms. The topological polar surface area (TPSA) is 47.9 Å². The van der Waals surface area contributed by atoms with Crippen molar-refractivity contribution in [1.29, 1.82) is 0 Å². The van der Waals surface area contributed by atoms with Gasteiger partial charge in [-0.3, -0.25) is 0 Å². The highest BCUT2D eigenvalue weighted by Crippen LogP contribution is 2.71. The first-order chi connectivity index (χ1) is 21.2. The summed E-state index contributed by atoms with van der Waals surface area (Å²) in [4.78, 5) is 0. The van der Waals surface area contributed by atoms with Crippen molar-refractivity contribution in [3.63, 3.8) is 0 Å². The summed E-state index contributed by atoms with van der Waals surface area (Å²) in [7, 11) is -0.199. The quantitative estimate of drug-likeness (QED) is 0.110. The molecule has 45 heavy (non-hydrogen) atoms. The minimum absolute atomic E-state index is 0.182. The Bertz CT molecular complexity index is 1210. The molecule has 4 rings (SSSR count). The molecule has 2 fully saturated rings. The van der Waals surface area contributed by atoms with E-state index in [4.69, 9.17) is 13.9 Å². The molecular weight excluding hydrogens is 687 g/mol. The fourth-order valence-corrected chi connectivity index (χ4v) is 9.22. The molecule has 3 aliphatic rings. The SMILES string of the molecule is COc1ccc(COC/C(C)=C/CC[C@H](C)/C(I)=C/C[C@H](CO[Si](C)(C)C(C)(C)C)[C@H]2CCC3=CCC[C@]4(C)[C@H]([C@@H]2O)[C@H]34)cc1. The van der Waals surface area contributed by atoms with Crippen LogP contribution in [0.2, 0.25) is 18.1 Å². The van der Waals surface area contributed by atoms with Gasteiger partial charge in [-0.15, -0.1) is 0 Å². The van der Waals surface area contributed by atoms with Crippen LogP contribution < -0.4 is 4.74 Å². The Balaban J connectivity index is 1.33. The number of methoxy groups -OCH3 is 1. The second-order valence-electron chi connectivity index (χ2n) is 16.0. The summed E-state index contributed by atoms with van der Waals surface area (Å²) in [5.74, 6) is 3.08. The van der Waals surface area contributed by atoms with Crippen molar-refractivity contribution in [2.24, 2.45) is 35.0 Å². The standard InChI is InChI=1S/C39H61IO4Si/c1-27(24-43-25-29-15-19-32(42-7)20-16-29)12-10-13-28(2)34(40)22-18-31(26-44-45(8,9)38(3,4)5)33-21-17-30-14-11-23-39(6)35(30)36(39)37(33)41/h12,14-16,19-20,22,28,31,33,35-37,41H,10-11,13,17-18,21,23-26H2,1-9H3/b27-12+,34-22-/t28-,31+,33+,35-,36-,37+,39-/m0/s1. The van der Waals surface area contributed by atoms with Gasteiger partial charge in [-0.2, -0.15) is 0 Å². The van der Waals surface area contributed by atoms with E-state index in [0.717, 1.165) is 50.0 Å². The van der Waals surface area contributed by atoms with Gasteiger partial charge >= 0.3 is 0 Å². The van der Waals surface area contributed by atoms with Gasteiger partial charge in [0.2, 0.25) is 0 Å². The van der Waals surface area contributed by atoms with Crippen LogP contribution in [0.15, 0.2) is 57.2 Å². The molecule has 1 aromatic rings. The Kier molecular flexibility index (Phi) is 12.7. The Morgan fingerprint density at radius 3 is 2.56 bits per heavy atom. The molecule has 4 nitrogen and oxygen atoms in total. The number of hydrogen-bond donors (Lipinski definition) is 1. The van der Waals surface area contributed by atoms with E-state index in [1.165, 1.54) is 22.0 Å². The van der Waals surface area contributed by atoms with Gasteiger partial charge in [0.25, 0.3) is 0 Å². The van der Waals surface area contributed by atoms with Gasteiger partial charge in [0.15, 0.2) is 8.32 Å². The molecule has 0 bridgehead atoms. The predicted molar refractivity (Wildman–Crippen MR) is 199 cm³/mol. The molecule has 0 radical (unpaired) electrons. The summed E-state index contributed by atoms with van der Waals surface area (Å²) in [5.41, 5.74) is 4.41. The monoisotopic (exact) mass is 748 g/mol. The zero-order valence-corrected chi connectivity index (χ0v) is 32.8. The Hall–Kier alpha value is -0.933. The number of fused-ring (bicyclic) bond motifs is 1. The van der Waals surface area contributed by atoms with Crippen molar-refractivity contribution in [2.45, 2.75) is 117 Å². The molecule has 0 saturated heterocycles. The maximum Gasteiger partial charge on any atom is 0.191 e. The number of hydrogen-bond acceptors (Lipinski definition) is 4. The first-order valence-electron chi connectivity index (χ1n) is 17.4. The van der Waals surface area contributed by atoms with Crippen molar-refractivity contribution in [1.82, 2.24) is 0 Å². The molecule has 2 saturated carbocycles. The van der Waals surface area contributed by atoms with E-state index >= 15 is 0 Å². The molecule has 252 valence electrons. The van der Waals surface area contributed by atoms with Crippen molar-refractivity contribution in [2.75, 3.05) is 20.3 Å². The molecule has 0 aromatic heterocycles. The number of allylic oxidation sites excluding steroid dienone is 5. The van der Waals surface area contributed by atoms with Gasteiger partial charge < -0.3 is 19.0 Å². The molecule has 0 spiro atoms. The van der Waals surface area contributed by atoms with Crippen molar-refractivity contribution in [3.8, 4) is 5.75 Å². The van der Waals surface area contributed by atoms with E-state index in [9.17, 15) is 5.11 Å². The van der Waals surface area contributed by atoms with Crippen LogP contribution in [0.1, 0.15) is 92.1 Å². The summed E-state index contributed by atoms with van der Waals surface area (Å²) in [5, 5.41) is 12.1. The lowest BCUT2D eigenvalue weighted by molar-refractivity contribution is 0.0237. The number of rotatable bonds is 15. The number of benzene rings is 1. The second-order valence-corrected chi connectivity index (χ2v) is 22.1. The smallest absolute Gasteiger partial charge is 0.191 e. The van der Waals surface area contributed by atoms with E-state index in [2.05, 4.69) is 108 Å². The van der Waals surface area contributed by atoms with Crippen LogP contribution in [-0.2, 0) is 15.8 Å². The highest BCUT2D eigenvalue weighted by atomic mass is 127. The highest BCUT2D eigenvalue weighted by molar-refractivity contribution is 14.1. The number of aliphatic hydroxyl groups is 1. The van der Waals surface area contributed by atoms with E-state index < -0.39 is 8.32 Å². The van der Waals surface area contributed by atoms with Crippen LogP contribution >= 0.6 is 22.6 Å². The summed E-state index contributed by atoms with van der Waals surface area (Å²) in [6.07, 6.45) is 14.9. The molecule has 0 unspecified atom stereocenters. The fourth-order valence-electron chi connectivity index (χ4n) is 7.59. The first kappa shape index (κ1) is 36.9. The lowest BCUT2D eigenvalue weighted by Crippen LogP contribution is -2.43. The van der Waals surface area contributed by atoms with Crippen LogP contribution in [0.3, 0.4) is 0 Å². The summed E-state index contributed by atoms with van der Waals surface area (Å²) < 4.78 is 19.5. The van der Waals surface area contributed by atoms with E-state index in [1.54, 1.807) is 12.7 Å². The van der Waals surface area contributed by atoms with Crippen LogP contribution in [0.5, 0.6) is 5.75 Å². The van der Waals surface area contributed by atoms with Gasteiger partial charge in [-0.05, 0) is 149 Å². The summed E-state index contributed by atoms with van der Waals surface area (Å²) in [6, 6.07) is 8.07. The van der Waals surface area contributed by atoms with Gasteiger partial charge in [0.05, 0.1) is 26.4 Å². The molecule has 7 atom stereocenters. The Morgan fingerprint density at radius 1 is 1.18 bits per heavy atom. The predicted octanol–water partition coefficient (Wildman–Crippen LogP) is 10.7. The average molecular weight is 749 g/mol. The molecule has 1 N–H and O–H groups in total. The molecule has 0 heterocycles. The number of ether oxygens (including phenoxy) is 2. The minimum atomic E-state index is -1.89. The molecular formula is C39H61IO4Si.